The van der Waals surface area contributed by atoms with Crippen LogP contribution in [0.1, 0.15) is 11.1 Å². The van der Waals surface area contributed by atoms with Crippen LogP contribution in [-0.2, 0) is 11.2 Å². The van der Waals surface area contributed by atoms with Gasteiger partial charge in [0.2, 0.25) is 5.91 Å². The molecule has 0 unspecified atom stereocenters. The number of primary amides is 1. The van der Waals surface area contributed by atoms with E-state index >= 15 is 0 Å². The Morgan fingerprint density at radius 1 is 1.44 bits per heavy atom. The molecule has 0 saturated carbocycles. The molecule has 2 N–H and O–H groups in total. The molecule has 0 heterocycles. The van der Waals surface area contributed by atoms with Crippen molar-refractivity contribution in [3.05, 3.63) is 29.3 Å². The molecule has 1 rings (SSSR count). The van der Waals surface area contributed by atoms with E-state index in [9.17, 15) is 18.0 Å². The van der Waals surface area contributed by atoms with Crippen molar-refractivity contribution in [2.24, 2.45) is 5.73 Å². The van der Waals surface area contributed by atoms with E-state index in [4.69, 9.17) is 5.73 Å². The molecule has 16 heavy (non-hydrogen) atoms. The van der Waals surface area contributed by atoms with E-state index < -0.39 is 18.0 Å². The summed E-state index contributed by atoms with van der Waals surface area (Å²) in [5.41, 5.74) is 5.79. The van der Waals surface area contributed by atoms with Crippen LogP contribution in [0.5, 0.6) is 5.75 Å². The fraction of sp³-hybridized carbons (Fsp3) is 0.300. The molecular formula is C10H10F3NO2. The highest BCUT2D eigenvalue weighted by Crippen LogP contribution is 2.27. The Labute approximate surface area is 90.0 Å². The predicted molar refractivity (Wildman–Crippen MR) is 50.8 cm³/mol. The lowest BCUT2D eigenvalue weighted by atomic mass is 10.1. The number of hydrogen-bond donors (Lipinski definition) is 1. The quantitative estimate of drug-likeness (QED) is 0.867. The van der Waals surface area contributed by atoms with Gasteiger partial charge in [-0.05, 0) is 13.0 Å². The molecule has 0 aliphatic rings. The number of benzene rings is 1. The number of carbonyl (C=O) groups excluding carboxylic acids is 1. The molecule has 0 saturated heterocycles. The third-order valence-electron chi connectivity index (χ3n) is 1.81. The van der Waals surface area contributed by atoms with Gasteiger partial charge in [0.1, 0.15) is 5.75 Å². The van der Waals surface area contributed by atoms with E-state index in [1.807, 2.05) is 0 Å². The molecule has 0 spiro atoms. The van der Waals surface area contributed by atoms with Crippen molar-refractivity contribution in [3.63, 3.8) is 0 Å². The van der Waals surface area contributed by atoms with Gasteiger partial charge in [-0.2, -0.15) is 0 Å². The van der Waals surface area contributed by atoms with E-state index in [0.717, 1.165) is 5.56 Å². The van der Waals surface area contributed by atoms with E-state index in [1.165, 1.54) is 18.2 Å². The zero-order valence-corrected chi connectivity index (χ0v) is 8.47. The van der Waals surface area contributed by atoms with Gasteiger partial charge in [0.05, 0.1) is 6.42 Å². The van der Waals surface area contributed by atoms with Crippen molar-refractivity contribution >= 4 is 5.91 Å². The average molecular weight is 233 g/mol. The van der Waals surface area contributed by atoms with Crippen LogP contribution < -0.4 is 10.5 Å². The second-order valence-corrected chi connectivity index (χ2v) is 3.30. The van der Waals surface area contributed by atoms with E-state index in [1.54, 1.807) is 6.92 Å². The molecule has 0 aliphatic heterocycles. The normalized spacial score (nSPS) is 11.2. The summed E-state index contributed by atoms with van der Waals surface area (Å²) in [5, 5.41) is 0. The maximum atomic E-state index is 12.0. The molecule has 1 aromatic rings. The monoisotopic (exact) mass is 233 g/mol. The number of ether oxygens (including phenoxy) is 1. The zero-order chi connectivity index (χ0) is 12.3. The number of halogens is 3. The summed E-state index contributed by atoms with van der Waals surface area (Å²) in [7, 11) is 0. The maximum Gasteiger partial charge on any atom is 0.573 e. The Kier molecular flexibility index (Phi) is 3.41. The smallest absolute Gasteiger partial charge is 0.405 e. The second-order valence-electron chi connectivity index (χ2n) is 3.30. The Morgan fingerprint density at radius 2 is 2.06 bits per heavy atom. The van der Waals surface area contributed by atoms with Crippen molar-refractivity contribution in [3.8, 4) is 5.75 Å². The molecule has 0 aliphatic carbocycles. The van der Waals surface area contributed by atoms with Crippen molar-refractivity contribution in [2.45, 2.75) is 19.7 Å². The number of alkyl halides is 3. The molecule has 1 amide bonds. The van der Waals surface area contributed by atoms with Crippen LogP contribution in [-0.4, -0.2) is 12.3 Å². The van der Waals surface area contributed by atoms with Gasteiger partial charge >= 0.3 is 6.36 Å². The van der Waals surface area contributed by atoms with E-state index in [-0.39, 0.29) is 12.0 Å². The highest BCUT2D eigenvalue weighted by Gasteiger charge is 2.32. The standard InChI is InChI=1S/C10H10F3NO2/c1-6-2-3-8(16-10(11,12)13)7(4-6)5-9(14)15/h2-4H,5H2,1H3,(H2,14,15). The van der Waals surface area contributed by atoms with E-state index in [0.29, 0.717) is 0 Å². The van der Waals surface area contributed by atoms with Crippen molar-refractivity contribution in [2.75, 3.05) is 0 Å². The highest BCUT2D eigenvalue weighted by molar-refractivity contribution is 5.77. The fourth-order valence-corrected chi connectivity index (χ4v) is 1.26. The lowest BCUT2D eigenvalue weighted by Crippen LogP contribution is -2.20. The Balaban J connectivity index is 3.02. The molecule has 6 heteroatoms. The molecule has 3 nitrogen and oxygen atoms in total. The maximum absolute atomic E-state index is 12.0. The minimum absolute atomic E-state index is 0.129. The van der Waals surface area contributed by atoms with Crippen LogP contribution in [0.3, 0.4) is 0 Å². The second kappa shape index (κ2) is 4.42. The molecule has 0 atom stereocenters. The van der Waals surface area contributed by atoms with Gasteiger partial charge < -0.3 is 10.5 Å². The summed E-state index contributed by atoms with van der Waals surface area (Å²) in [4.78, 5) is 10.7. The van der Waals surface area contributed by atoms with Gasteiger partial charge in [0.25, 0.3) is 0 Å². The SMILES string of the molecule is Cc1ccc(OC(F)(F)F)c(CC(N)=O)c1. The summed E-state index contributed by atoms with van der Waals surface area (Å²) in [6.07, 6.45) is -5.06. The lowest BCUT2D eigenvalue weighted by Gasteiger charge is -2.13. The molecule has 88 valence electrons. The first-order valence-electron chi connectivity index (χ1n) is 4.41. The van der Waals surface area contributed by atoms with Crippen LogP contribution in [0.2, 0.25) is 0 Å². The first-order valence-corrected chi connectivity index (χ1v) is 4.41. The zero-order valence-electron chi connectivity index (χ0n) is 8.47. The Hall–Kier alpha value is -1.72. The summed E-state index contributed by atoms with van der Waals surface area (Å²) in [6.45, 7) is 1.70. The highest BCUT2D eigenvalue weighted by atomic mass is 19.4. The van der Waals surface area contributed by atoms with Gasteiger partial charge in [-0.1, -0.05) is 17.7 Å². The molecule has 0 bridgehead atoms. The Morgan fingerprint density at radius 3 is 2.56 bits per heavy atom. The van der Waals surface area contributed by atoms with Crippen LogP contribution in [0, 0.1) is 6.92 Å². The van der Waals surface area contributed by atoms with Gasteiger partial charge in [-0.15, -0.1) is 13.2 Å². The first kappa shape index (κ1) is 12.4. The van der Waals surface area contributed by atoms with E-state index in [2.05, 4.69) is 4.74 Å². The van der Waals surface area contributed by atoms with Crippen molar-refractivity contribution < 1.29 is 22.7 Å². The number of nitrogens with two attached hydrogens (primary N) is 1. The summed E-state index contributed by atoms with van der Waals surface area (Å²) >= 11 is 0. The van der Waals surface area contributed by atoms with Gasteiger partial charge in [-0.3, -0.25) is 4.79 Å². The predicted octanol–water partition coefficient (Wildman–Crippen LogP) is 1.92. The topological polar surface area (TPSA) is 52.3 Å². The van der Waals surface area contributed by atoms with Crippen LogP contribution in [0.15, 0.2) is 18.2 Å². The van der Waals surface area contributed by atoms with Gasteiger partial charge in [0, 0.05) is 5.56 Å². The van der Waals surface area contributed by atoms with Crippen molar-refractivity contribution in [1.82, 2.24) is 0 Å². The largest absolute Gasteiger partial charge is 0.573 e. The molecule has 1 aromatic carbocycles. The number of amides is 1. The first-order chi connectivity index (χ1) is 7.28. The third kappa shape index (κ3) is 3.80. The number of hydrogen-bond acceptors (Lipinski definition) is 2. The van der Waals surface area contributed by atoms with Gasteiger partial charge in [0.15, 0.2) is 0 Å². The summed E-state index contributed by atoms with van der Waals surface area (Å²) < 4.78 is 39.8. The molecule has 0 fully saturated rings. The van der Waals surface area contributed by atoms with Gasteiger partial charge in [-0.25, -0.2) is 0 Å². The minimum Gasteiger partial charge on any atom is -0.405 e. The number of aryl methyl sites for hydroxylation is 1. The number of carbonyl (C=O) groups is 1. The molecule has 0 aromatic heterocycles. The molecule has 0 radical (unpaired) electrons. The van der Waals surface area contributed by atoms with Crippen LogP contribution in [0.4, 0.5) is 13.2 Å². The minimum atomic E-state index is -4.78. The Bertz CT molecular complexity index is 402. The average Bonchev–Trinajstić information content (AvgIpc) is 2.06. The summed E-state index contributed by atoms with van der Waals surface area (Å²) in [5.74, 6) is -1.10. The lowest BCUT2D eigenvalue weighted by molar-refractivity contribution is -0.274. The summed E-state index contributed by atoms with van der Waals surface area (Å²) in [6, 6.07) is 4.07. The van der Waals surface area contributed by atoms with Crippen LogP contribution >= 0.6 is 0 Å². The fourth-order valence-electron chi connectivity index (χ4n) is 1.26. The number of rotatable bonds is 3. The van der Waals surface area contributed by atoms with Crippen LogP contribution in [0.25, 0.3) is 0 Å². The molecular weight excluding hydrogens is 223 g/mol. The van der Waals surface area contributed by atoms with Crippen molar-refractivity contribution in [1.29, 1.82) is 0 Å². The third-order valence-corrected chi connectivity index (χ3v) is 1.81.